The Balaban J connectivity index is 1.41. The van der Waals surface area contributed by atoms with Crippen LogP contribution in [0.15, 0.2) is 78.9 Å². The maximum absolute atomic E-state index is 5.92. The van der Waals surface area contributed by atoms with Gasteiger partial charge in [0.2, 0.25) is 0 Å². The molecular weight excluding hydrogens is 473 g/mol. The number of hydrogen-bond donors (Lipinski definition) is 1. The van der Waals surface area contributed by atoms with Crippen LogP contribution >= 0.6 is 22.6 Å². The highest BCUT2D eigenvalue weighted by Crippen LogP contribution is 2.35. The van der Waals surface area contributed by atoms with Crippen LogP contribution in [-0.4, -0.2) is 16.3 Å². The number of nitrogens with zero attached hydrogens (tertiary/aromatic N) is 2. The van der Waals surface area contributed by atoms with E-state index in [2.05, 4.69) is 76.4 Å². The van der Waals surface area contributed by atoms with Crippen LogP contribution in [0.5, 0.6) is 5.75 Å². The van der Waals surface area contributed by atoms with Crippen molar-refractivity contribution >= 4 is 28.4 Å². The number of aromatic nitrogens is 2. The number of nitrogens with one attached hydrogen (secondary N) is 1. The van der Waals surface area contributed by atoms with E-state index in [4.69, 9.17) is 9.84 Å². The van der Waals surface area contributed by atoms with Gasteiger partial charge in [-0.2, -0.15) is 5.10 Å². The number of rotatable bonds is 5. The largest absolute Gasteiger partial charge is 0.489 e. The summed E-state index contributed by atoms with van der Waals surface area (Å²) in [6, 6.07) is 26.9. The lowest BCUT2D eigenvalue weighted by molar-refractivity contribution is 0.306. The van der Waals surface area contributed by atoms with E-state index in [-0.39, 0.29) is 0 Å². The fourth-order valence-corrected chi connectivity index (χ4v) is 3.99. The number of halogens is 1. The molecule has 2 heterocycles. The topological polar surface area (TPSA) is 39.1 Å². The second kappa shape index (κ2) is 7.91. The molecule has 1 N–H and O–H groups in total. The van der Waals surface area contributed by atoms with Crippen molar-refractivity contribution in [3.8, 4) is 22.7 Å². The van der Waals surface area contributed by atoms with E-state index in [1.807, 2.05) is 35.0 Å². The molecule has 0 spiro atoms. The van der Waals surface area contributed by atoms with Crippen LogP contribution in [0.2, 0.25) is 0 Å². The first kappa shape index (κ1) is 18.2. The highest BCUT2D eigenvalue weighted by molar-refractivity contribution is 14.1. The third-order valence-corrected chi connectivity index (χ3v) is 5.82. The lowest BCUT2D eigenvalue weighted by Crippen LogP contribution is -2.04. The molecular formula is C24H20IN3O. The summed E-state index contributed by atoms with van der Waals surface area (Å²) in [4.78, 5) is 0. The molecule has 5 rings (SSSR count). The van der Waals surface area contributed by atoms with Crippen LogP contribution in [0.25, 0.3) is 16.9 Å². The van der Waals surface area contributed by atoms with E-state index in [0.29, 0.717) is 6.61 Å². The summed E-state index contributed by atoms with van der Waals surface area (Å²) in [5.74, 6) is 1.95. The Morgan fingerprint density at radius 1 is 0.931 bits per heavy atom. The van der Waals surface area contributed by atoms with E-state index >= 15 is 0 Å². The summed E-state index contributed by atoms with van der Waals surface area (Å²) in [5, 5.41) is 8.43. The maximum atomic E-state index is 5.92. The smallest absolute Gasteiger partial charge is 0.133 e. The minimum absolute atomic E-state index is 0.565. The second-order valence-corrected chi connectivity index (χ2v) is 8.29. The summed E-state index contributed by atoms with van der Waals surface area (Å²) < 4.78 is 9.15. The maximum Gasteiger partial charge on any atom is 0.133 e. The van der Waals surface area contributed by atoms with Crippen molar-refractivity contribution in [2.75, 3.05) is 11.9 Å². The zero-order chi connectivity index (χ0) is 19.6. The van der Waals surface area contributed by atoms with Gasteiger partial charge < -0.3 is 10.1 Å². The Bertz CT molecular complexity index is 1120. The van der Waals surface area contributed by atoms with Gasteiger partial charge in [-0.05, 0) is 71.0 Å². The van der Waals surface area contributed by atoms with Crippen molar-refractivity contribution in [3.05, 3.63) is 93.6 Å². The van der Waals surface area contributed by atoms with Crippen LogP contribution in [0.1, 0.15) is 11.1 Å². The van der Waals surface area contributed by atoms with E-state index in [9.17, 15) is 0 Å². The lowest BCUT2D eigenvalue weighted by Gasteiger charge is -2.09. The highest BCUT2D eigenvalue weighted by atomic mass is 127. The van der Waals surface area contributed by atoms with Gasteiger partial charge in [-0.3, -0.25) is 0 Å². The predicted octanol–water partition coefficient (Wildman–Crippen LogP) is 5.69. The van der Waals surface area contributed by atoms with Gasteiger partial charge in [-0.1, -0.05) is 42.5 Å². The van der Waals surface area contributed by atoms with Crippen molar-refractivity contribution in [3.63, 3.8) is 0 Å². The van der Waals surface area contributed by atoms with Gasteiger partial charge in [-0.25, -0.2) is 4.68 Å². The molecule has 144 valence electrons. The number of fused-ring (bicyclic) bond motifs is 1. The molecule has 0 atom stereocenters. The van der Waals surface area contributed by atoms with E-state index < -0.39 is 0 Å². The molecule has 4 nitrogen and oxygen atoms in total. The quantitative estimate of drug-likeness (QED) is 0.363. The molecule has 5 heteroatoms. The number of ether oxygens (including phenoxy) is 1. The zero-order valence-corrected chi connectivity index (χ0v) is 18.0. The molecule has 3 aromatic carbocycles. The number of benzene rings is 3. The van der Waals surface area contributed by atoms with E-state index in [0.717, 1.165) is 47.0 Å². The fraction of sp³-hybridized carbons (Fsp3) is 0.125. The van der Waals surface area contributed by atoms with E-state index in [1.165, 1.54) is 9.13 Å². The van der Waals surface area contributed by atoms with Crippen LogP contribution in [0.3, 0.4) is 0 Å². The number of anilines is 1. The van der Waals surface area contributed by atoms with Gasteiger partial charge in [0.1, 0.15) is 18.2 Å². The summed E-state index contributed by atoms with van der Waals surface area (Å²) in [7, 11) is 0. The zero-order valence-electron chi connectivity index (χ0n) is 15.8. The van der Waals surface area contributed by atoms with Crippen molar-refractivity contribution in [1.29, 1.82) is 0 Å². The van der Waals surface area contributed by atoms with Gasteiger partial charge in [0.05, 0.1) is 11.4 Å². The van der Waals surface area contributed by atoms with E-state index in [1.54, 1.807) is 0 Å². The molecule has 0 amide bonds. The van der Waals surface area contributed by atoms with Crippen LogP contribution in [-0.2, 0) is 13.0 Å². The van der Waals surface area contributed by atoms with Gasteiger partial charge in [0.15, 0.2) is 0 Å². The van der Waals surface area contributed by atoms with Gasteiger partial charge in [-0.15, -0.1) is 0 Å². The first-order chi connectivity index (χ1) is 14.3. The van der Waals surface area contributed by atoms with Gasteiger partial charge >= 0.3 is 0 Å². The average Bonchev–Trinajstić information content (AvgIpc) is 3.37. The molecule has 0 radical (unpaired) electrons. The van der Waals surface area contributed by atoms with Gasteiger partial charge in [0.25, 0.3) is 0 Å². The Morgan fingerprint density at radius 3 is 2.45 bits per heavy atom. The Kier molecular flexibility index (Phi) is 4.97. The highest BCUT2D eigenvalue weighted by Gasteiger charge is 2.23. The van der Waals surface area contributed by atoms with Gasteiger partial charge in [0, 0.05) is 21.2 Å². The molecule has 0 saturated carbocycles. The lowest BCUT2D eigenvalue weighted by atomic mass is 10.1. The normalized spacial score (nSPS) is 12.4. The molecule has 0 aliphatic carbocycles. The molecule has 1 aliphatic rings. The Hall–Kier alpha value is -2.80. The molecule has 0 bridgehead atoms. The average molecular weight is 493 g/mol. The second-order valence-electron chi connectivity index (χ2n) is 7.04. The molecule has 29 heavy (non-hydrogen) atoms. The summed E-state index contributed by atoms with van der Waals surface area (Å²) in [6.07, 6.45) is 0.995. The summed E-state index contributed by atoms with van der Waals surface area (Å²) >= 11 is 2.33. The summed E-state index contributed by atoms with van der Waals surface area (Å²) in [6.45, 7) is 1.51. The number of hydrogen-bond acceptors (Lipinski definition) is 3. The Morgan fingerprint density at radius 2 is 1.69 bits per heavy atom. The SMILES string of the molecule is Ic1ccc(-c2nn(-c3ccc(OCc4ccccc4)cc3)c3c2CCN3)cc1. The molecule has 4 aromatic rings. The minimum Gasteiger partial charge on any atom is -0.489 e. The molecule has 0 saturated heterocycles. The molecule has 0 unspecified atom stereocenters. The predicted molar refractivity (Wildman–Crippen MR) is 125 cm³/mol. The molecule has 1 aliphatic heterocycles. The third kappa shape index (κ3) is 3.74. The van der Waals surface area contributed by atoms with Crippen molar-refractivity contribution in [2.24, 2.45) is 0 Å². The van der Waals surface area contributed by atoms with Crippen molar-refractivity contribution < 1.29 is 4.74 Å². The first-order valence-electron chi connectivity index (χ1n) is 9.67. The van der Waals surface area contributed by atoms with Crippen LogP contribution in [0, 0.1) is 3.57 Å². The van der Waals surface area contributed by atoms with Crippen LogP contribution in [0.4, 0.5) is 5.82 Å². The summed E-state index contributed by atoms with van der Waals surface area (Å²) in [5.41, 5.74) is 5.70. The fourth-order valence-electron chi connectivity index (χ4n) is 3.63. The van der Waals surface area contributed by atoms with Crippen molar-refractivity contribution in [2.45, 2.75) is 13.0 Å². The minimum atomic E-state index is 0.565. The monoisotopic (exact) mass is 493 g/mol. The standard InChI is InChI=1S/C24H20IN3O/c25-19-8-6-18(7-9-19)23-22-14-15-26-24(22)28(27-23)20-10-12-21(13-11-20)29-16-17-4-2-1-3-5-17/h1-13,26H,14-16H2. The third-order valence-electron chi connectivity index (χ3n) is 5.10. The first-order valence-corrected chi connectivity index (χ1v) is 10.7. The van der Waals surface area contributed by atoms with Crippen LogP contribution < -0.4 is 10.1 Å². The molecule has 1 aromatic heterocycles. The van der Waals surface area contributed by atoms with Crippen molar-refractivity contribution in [1.82, 2.24) is 9.78 Å². The molecule has 0 fully saturated rings. The Labute approximate surface area is 183 Å².